The van der Waals surface area contributed by atoms with Crippen molar-refractivity contribution in [1.29, 1.82) is 0 Å². The van der Waals surface area contributed by atoms with Crippen LogP contribution in [0.25, 0.3) is 10.1 Å². The summed E-state index contributed by atoms with van der Waals surface area (Å²) in [6, 6.07) is 11.7. The molecule has 0 atom stereocenters. The Balaban J connectivity index is 1.75. The van der Waals surface area contributed by atoms with Gasteiger partial charge in [0.25, 0.3) is 5.91 Å². The zero-order valence-electron chi connectivity index (χ0n) is 12.5. The monoisotopic (exact) mass is 315 g/mol. The minimum absolute atomic E-state index is 0.127. The Labute approximate surface area is 132 Å². The van der Waals surface area contributed by atoms with Crippen molar-refractivity contribution in [2.24, 2.45) is 0 Å². The molecule has 3 aromatic rings. The average Bonchev–Trinajstić information content (AvgIpc) is 3.15. The van der Waals surface area contributed by atoms with Crippen LogP contribution in [-0.4, -0.2) is 25.0 Å². The molecule has 0 fully saturated rings. The Morgan fingerprint density at radius 1 is 1.27 bits per heavy atom. The number of nitrogens with zero attached hydrogens (tertiary/aromatic N) is 1. The van der Waals surface area contributed by atoms with Crippen LogP contribution >= 0.6 is 11.3 Å². The highest BCUT2D eigenvalue weighted by molar-refractivity contribution is 7.17. The average molecular weight is 315 g/mol. The van der Waals surface area contributed by atoms with Gasteiger partial charge in [-0.05, 0) is 34.5 Å². The van der Waals surface area contributed by atoms with Crippen molar-refractivity contribution in [2.75, 3.05) is 14.2 Å². The van der Waals surface area contributed by atoms with Crippen LogP contribution in [-0.2, 0) is 17.9 Å². The molecule has 3 rings (SSSR count). The Morgan fingerprint density at radius 2 is 2.09 bits per heavy atom. The number of ether oxygens (including phenoxy) is 1. The van der Waals surface area contributed by atoms with E-state index in [-0.39, 0.29) is 5.91 Å². The first-order valence-electron chi connectivity index (χ1n) is 6.97. The van der Waals surface area contributed by atoms with Crippen LogP contribution in [0.1, 0.15) is 21.9 Å². The van der Waals surface area contributed by atoms with Crippen molar-refractivity contribution in [2.45, 2.75) is 13.2 Å². The van der Waals surface area contributed by atoms with Gasteiger partial charge in [0, 0.05) is 25.4 Å². The van der Waals surface area contributed by atoms with E-state index >= 15 is 0 Å². The van der Waals surface area contributed by atoms with E-state index in [1.54, 1.807) is 42.5 Å². The Bertz CT molecular complexity index is 790. The zero-order chi connectivity index (χ0) is 15.5. The SMILES string of the molecule is COCc1ccc(C(=O)N(C)Cc2csc3ccccc23)o1. The fourth-order valence-electron chi connectivity index (χ4n) is 2.38. The number of furan rings is 1. The van der Waals surface area contributed by atoms with E-state index < -0.39 is 0 Å². The number of hydrogen-bond donors (Lipinski definition) is 0. The lowest BCUT2D eigenvalue weighted by Gasteiger charge is -2.15. The van der Waals surface area contributed by atoms with E-state index in [0.29, 0.717) is 24.7 Å². The third-order valence-electron chi connectivity index (χ3n) is 3.47. The maximum atomic E-state index is 12.4. The smallest absolute Gasteiger partial charge is 0.289 e. The molecule has 0 aliphatic rings. The number of amides is 1. The van der Waals surface area contributed by atoms with E-state index in [1.807, 2.05) is 12.1 Å². The maximum Gasteiger partial charge on any atom is 0.289 e. The lowest BCUT2D eigenvalue weighted by molar-refractivity contribution is 0.0746. The summed E-state index contributed by atoms with van der Waals surface area (Å²) in [5.74, 6) is 0.868. The molecule has 0 unspecified atom stereocenters. The zero-order valence-corrected chi connectivity index (χ0v) is 13.4. The molecule has 5 heteroatoms. The van der Waals surface area contributed by atoms with Crippen LogP contribution in [0.5, 0.6) is 0 Å². The second-order valence-electron chi connectivity index (χ2n) is 5.12. The van der Waals surface area contributed by atoms with Crippen LogP contribution in [0, 0.1) is 0 Å². The molecule has 0 aliphatic carbocycles. The van der Waals surface area contributed by atoms with Gasteiger partial charge in [-0.25, -0.2) is 0 Å². The molecular formula is C17H17NO3S. The minimum Gasteiger partial charge on any atom is -0.453 e. The van der Waals surface area contributed by atoms with Crippen molar-refractivity contribution in [3.8, 4) is 0 Å². The molecule has 1 amide bonds. The lowest BCUT2D eigenvalue weighted by Crippen LogP contribution is -2.25. The number of carbonyl (C=O) groups is 1. The molecule has 4 nitrogen and oxygen atoms in total. The van der Waals surface area contributed by atoms with Gasteiger partial charge in [0.2, 0.25) is 0 Å². The quantitative estimate of drug-likeness (QED) is 0.717. The fourth-order valence-corrected chi connectivity index (χ4v) is 3.34. The second kappa shape index (κ2) is 6.34. The largest absolute Gasteiger partial charge is 0.453 e. The van der Waals surface area contributed by atoms with Gasteiger partial charge in [-0.15, -0.1) is 11.3 Å². The molecule has 0 saturated heterocycles. The minimum atomic E-state index is -0.127. The van der Waals surface area contributed by atoms with E-state index in [1.165, 1.54) is 10.1 Å². The number of thiophene rings is 1. The van der Waals surface area contributed by atoms with Crippen LogP contribution < -0.4 is 0 Å². The van der Waals surface area contributed by atoms with Crippen LogP contribution in [0.3, 0.4) is 0 Å². The predicted molar refractivity (Wildman–Crippen MR) is 87.0 cm³/mol. The topological polar surface area (TPSA) is 42.7 Å². The molecule has 1 aromatic carbocycles. The number of fused-ring (bicyclic) bond motifs is 1. The first-order chi connectivity index (χ1) is 10.7. The number of benzene rings is 1. The first-order valence-corrected chi connectivity index (χ1v) is 7.85. The van der Waals surface area contributed by atoms with Crippen molar-refractivity contribution in [3.05, 3.63) is 58.9 Å². The van der Waals surface area contributed by atoms with Crippen molar-refractivity contribution in [3.63, 3.8) is 0 Å². The second-order valence-corrected chi connectivity index (χ2v) is 6.03. The summed E-state index contributed by atoms with van der Waals surface area (Å²) in [4.78, 5) is 14.1. The van der Waals surface area contributed by atoms with Gasteiger partial charge in [0.05, 0.1) is 0 Å². The molecule has 2 heterocycles. The number of carbonyl (C=O) groups excluding carboxylic acids is 1. The fraction of sp³-hybridized carbons (Fsp3) is 0.235. The summed E-state index contributed by atoms with van der Waals surface area (Å²) in [6.07, 6.45) is 0. The molecule has 2 aromatic heterocycles. The normalized spacial score (nSPS) is 11.0. The molecule has 0 spiro atoms. The molecule has 0 radical (unpaired) electrons. The molecule has 0 bridgehead atoms. The van der Waals surface area contributed by atoms with Crippen LogP contribution in [0.2, 0.25) is 0 Å². The first kappa shape index (κ1) is 14.8. The molecule has 22 heavy (non-hydrogen) atoms. The van der Waals surface area contributed by atoms with Crippen LogP contribution in [0.4, 0.5) is 0 Å². The summed E-state index contributed by atoms with van der Waals surface area (Å²) in [6.45, 7) is 0.926. The Morgan fingerprint density at radius 3 is 2.91 bits per heavy atom. The third kappa shape index (κ3) is 2.91. The highest BCUT2D eigenvalue weighted by Gasteiger charge is 2.17. The van der Waals surface area contributed by atoms with Gasteiger partial charge < -0.3 is 14.1 Å². The van der Waals surface area contributed by atoms with Gasteiger partial charge in [0.1, 0.15) is 12.4 Å². The van der Waals surface area contributed by atoms with Gasteiger partial charge in [-0.3, -0.25) is 4.79 Å². The summed E-state index contributed by atoms with van der Waals surface area (Å²) in [5.41, 5.74) is 1.15. The standard InChI is InChI=1S/C17H17NO3S/c1-18(17(19)15-8-7-13(21-15)10-20-2)9-12-11-22-16-6-4-3-5-14(12)16/h3-8,11H,9-10H2,1-2H3. The Hall–Kier alpha value is -2.11. The lowest BCUT2D eigenvalue weighted by atomic mass is 10.1. The molecule has 0 N–H and O–H groups in total. The van der Waals surface area contributed by atoms with E-state index in [4.69, 9.17) is 9.15 Å². The van der Waals surface area contributed by atoms with Gasteiger partial charge >= 0.3 is 0 Å². The van der Waals surface area contributed by atoms with Crippen molar-refractivity contribution in [1.82, 2.24) is 4.90 Å². The van der Waals surface area contributed by atoms with Gasteiger partial charge in [0.15, 0.2) is 5.76 Å². The number of hydrogen-bond acceptors (Lipinski definition) is 4. The third-order valence-corrected chi connectivity index (χ3v) is 4.49. The van der Waals surface area contributed by atoms with Gasteiger partial charge in [-0.1, -0.05) is 18.2 Å². The van der Waals surface area contributed by atoms with Crippen molar-refractivity contribution >= 4 is 27.3 Å². The highest BCUT2D eigenvalue weighted by atomic mass is 32.1. The number of methoxy groups -OCH3 is 1. The van der Waals surface area contributed by atoms with E-state index in [9.17, 15) is 4.79 Å². The summed E-state index contributed by atoms with van der Waals surface area (Å²) in [7, 11) is 3.38. The predicted octanol–water partition coefficient (Wildman–Crippen LogP) is 3.91. The summed E-state index contributed by atoms with van der Waals surface area (Å²) < 4.78 is 11.7. The molecule has 0 saturated carbocycles. The van der Waals surface area contributed by atoms with Gasteiger partial charge in [-0.2, -0.15) is 0 Å². The van der Waals surface area contributed by atoms with E-state index in [2.05, 4.69) is 17.5 Å². The summed E-state index contributed by atoms with van der Waals surface area (Å²) in [5, 5.41) is 3.30. The van der Waals surface area contributed by atoms with Crippen molar-refractivity contribution < 1.29 is 13.9 Å². The molecule has 0 aliphatic heterocycles. The summed E-state index contributed by atoms with van der Waals surface area (Å²) >= 11 is 1.70. The molecular weight excluding hydrogens is 298 g/mol. The number of rotatable bonds is 5. The van der Waals surface area contributed by atoms with Crippen LogP contribution in [0.15, 0.2) is 46.2 Å². The van der Waals surface area contributed by atoms with E-state index in [0.717, 1.165) is 5.56 Å². The highest BCUT2D eigenvalue weighted by Crippen LogP contribution is 2.26. The molecule has 114 valence electrons. The maximum absolute atomic E-state index is 12.4. The Kier molecular flexibility index (Phi) is 4.27.